The molecule has 0 fully saturated rings. The van der Waals surface area contributed by atoms with Gasteiger partial charge in [-0.05, 0) is 19.1 Å². The largest absolute Gasteiger partial charge is 0.453 e. The van der Waals surface area contributed by atoms with Gasteiger partial charge in [-0.3, -0.25) is 4.98 Å². The lowest BCUT2D eigenvalue weighted by molar-refractivity contribution is 0.469. The number of aromatic nitrogens is 1. The monoisotopic (exact) mass is 236 g/mol. The van der Waals surface area contributed by atoms with Crippen molar-refractivity contribution in [3.05, 3.63) is 47.8 Å². The summed E-state index contributed by atoms with van der Waals surface area (Å²) in [7, 11) is 0. The fraction of sp³-hybridized carbons (Fsp3) is 0.0833. The first-order valence-electron chi connectivity index (χ1n) is 4.91. The molecule has 0 amide bonds. The SMILES string of the molecule is Cc1ccc(Oc2cc(F)cc(F)c2N)cn1. The Morgan fingerprint density at radius 1 is 1.24 bits per heavy atom. The minimum absolute atomic E-state index is 0.0619. The van der Waals surface area contributed by atoms with Crippen LogP contribution in [0.15, 0.2) is 30.5 Å². The Morgan fingerprint density at radius 2 is 2.00 bits per heavy atom. The average molecular weight is 236 g/mol. The molecule has 0 aliphatic rings. The van der Waals surface area contributed by atoms with Gasteiger partial charge in [-0.1, -0.05) is 0 Å². The van der Waals surface area contributed by atoms with Crippen LogP contribution in [0.4, 0.5) is 14.5 Å². The van der Waals surface area contributed by atoms with Gasteiger partial charge in [0.05, 0.1) is 6.20 Å². The van der Waals surface area contributed by atoms with Crippen LogP contribution in [0.2, 0.25) is 0 Å². The third kappa shape index (κ3) is 2.50. The molecule has 2 N–H and O–H groups in total. The predicted molar refractivity (Wildman–Crippen MR) is 59.8 cm³/mol. The third-order valence-electron chi connectivity index (χ3n) is 2.17. The summed E-state index contributed by atoms with van der Waals surface area (Å²) in [4.78, 5) is 4.00. The number of nitrogen functional groups attached to an aromatic ring is 1. The van der Waals surface area contributed by atoms with Crippen molar-refractivity contribution in [2.75, 3.05) is 5.73 Å². The van der Waals surface area contributed by atoms with Crippen molar-refractivity contribution in [1.82, 2.24) is 4.98 Å². The third-order valence-corrected chi connectivity index (χ3v) is 2.17. The zero-order chi connectivity index (χ0) is 12.4. The molecule has 0 aliphatic carbocycles. The Balaban J connectivity index is 2.32. The van der Waals surface area contributed by atoms with Crippen molar-refractivity contribution in [1.29, 1.82) is 0 Å². The molecule has 0 bridgehead atoms. The highest BCUT2D eigenvalue weighted by Crippen LogP contribution is 2.30. The summed E-state index contributed by atoms with van der Waals surface area (Å²) in [6, 6.07) is 5.10. The van der Waals surface area contributed by atoms with E-state index < -0.39 is 11.6 Å². The molecule has 2 rings (SSSR count). The molecule has 0 unspecified atom stereocenters. The Labute approximate surface area is 96.9 Å². The second kappa shape index (κ2) is 4.37. The first kappa shape index (κ1) is 11.3. The lowest BCUT2D eigenvalue weighted by Crippen LogP contribution is -1.97. The van der Waals surface area contributed by atoms with Gasteiger partial charge >= 0.3 is 0 Å². The Kier molecular flexibility index (Phi) is 2.91. The molecule has 1 heterocycles. The van der Waals surface area contributed by atoms with E-state index in [1.807, 2.05) is 6.92 Å². The molecule has 5 heteroatoms. The first-order valence-corrected chi connectivity index (χ1v) is 4.91. The van der Waals surface area contributed by atoms with Gasteiger partial charge < -0.3 is 10.5 Å². The molecule has 0 saturated carbocycles. The number of nitrogens with zero attached hydrogens (tertiary/aromatic N) is 1. The van der Waals surface area contributed by atoms with Crippen molar-refractivity contribution in [3.8, 4) is 11.5 Å². The molecule has 0 saturated heterocycles. The van der Waals surface area contributed by atoms with Crippen LogP contribution in [0.25, 0.3) is 0 Å². The number of anilines is 1. The predicted octanol–water partition coefficient (Wildman–Crippen LogP) is 3.04. The number of benzene rings is 1. The molecule has 1 aromatic carbocycles. The van der Waals surface area contributed by atoms with E-state index in [9.17, 15) is 8.78 Å². The second-order valence-corrected chi connectivity index (χ2v) is 3.54. The van der Waals surface area contributed by atoms with Crippen LogP contribution in [0.1, 0.15) is 5.69 Å². The molecular weight excluding hydrogens is 226 g/mol. The van der Waals surface area contributed by atoms with Gasteiger partial charge in [0.2, 0.25) is 0 Å². The van der Waals surface area contributed by atoms with E-state index in [0.29, 0.717) is 11.8 Å². The van der Waals surface area contributed by atoms with E-state index in [0.717, 1.165) is 11.8 Å². The zero-order valence-electron chi connectivity index (χ0n) is 9.08. The van der Waals surface area contributed by atoms with E-state index in [2.05, 4.69) is 4.98 Å². The van der Waals surface area contributed by atoms with Crippen LogP contribution in [0.3, 0.4) is 0 Å². The second-order valence-electron chi connectivity index (χ2n) is 3.54. The summed E-state index contributed by atoms with van der Waals surface area (Å²) >= 11 is 0. The summed E-state index contributed by atoms with van der Waals surface area (Å²) in [6.07, 6.45) is 1.46. The average Bonchev–Trinajstić information content (AvgIpc) is 2.28. The molecule has 2 aromatic rings. The van der Waals surface area contributed by atoms with Gasteiger partial charge in [-0.15, -0.1) is 0 Å². The molecule has 17 heavy (non-hydrogen) atoms. The summed E-state index contributed by atoms with van der Waals surface area (Å²) in [5.41, 5.74) is 6.03. The first-order chi connectivity index (χ1) is 8.06. The summed E-state index contributed by atoms with van der Waals surface area (Å²) in [5, 5.41) is 0. The topological polar surface area (TPSA) is 48.1 Å². The van der Waals surface area contributed by atoms with Gasteiger partial charge in [0, 0.05) is 17.8 Å². The fourth-order valence-electron chi connectivity index (χ4n) is 1.29. The van der Waals surface area contributed by atoms with E-state index >= 15 is 0 Å². The van der Waals surface area contributed by atoms with Crippen molar-refractivity contribution in [2.24, 2.45) is 0 Å². The number of hydrogen-bond donors (Lipinski definition) is 1. The maximum Gasteiger partial charge on any atom is 0.156 e. The number of ether oxygens (including phenoxy) is 1. The van der Waals surface area contributed by atoms with Crippen LogP contribution in [-0.2, 0) is 0 Å². The number of aryl methyl sites for hydroxylation is 1. The molecule has 0 aliphatic heterocycles. The standard InChI is InChI=1S/C12H10F2N2O/c1-7-2-3-9(6-16-7)17-11-5-8(13)4-10(14)12(11)15/h2-6H,15H2,1H3. The quantitative estimate of drug-likeness (QED) is 0.815. The summed E-state index contributed by atoms with van der Waals surface area (Å²) < 4.78 is 31.4. The molecular formula is C12H10F2N2O. The van der Waals surface area contributed by atoms with Crippen molar-refractivity contribution >= 4 is 5.69 Å². The highest BCUT2D eigenvalue weighted by molar-refractivity contribution is 5.55. The van der Waals surface area contributed by atoms with Crippen LogP contribution in [-0.4, -0.2) is 4.98 Å². The van der Waals surface area contributed by atoms with Crippen molar-refractivity contribution < 1.29 is 13.5 Å². The fourth-order valence-corrected chi connectivity index (χ4v) is 1.29. The molecule has 0 spiro atoms. The normalized spacial score (nSPS) is 10.3. The molecule has 88 valence electrons. The van der Waals surface area contributed by atoms with Crippen LogP contribution in [0.5, 0.6) is 11.5 Å². The Morgan fingerprint density at radius 3 is 2.65 bits per heavy atom. The lowest BCUT2D eigenvalue weighted by Gasteiger charge is -2.09. The number of hydrogen-bond acceptors (Lipinski definition) is 3. The Bertz CT molecular complexity index is 541. The van der Waals surface area contributed by atoms with E-state index in [1.54, 1.807) is 12.1 Å². The maximum absolute atomic E-state index is 13.1. The van der Waals surface area contributed by atoms with E-state index in [-0.39, 0.29) is 11.4 Å². The highest BCUT2D eigenvalue weighted by atomic mass is 19.1. The molecule has 3 nitrogen and oxygen atoms in total. The van der Waals surface area contributed by atoms with Crippen molar-refractivity contribution in [2.45, 2.75) is 6.92 Å². The van der Waals surface area contributed by atoms with Crippen LogP contribution < -0.4 is 10.5 Å². The number of pyridine rings is 1. The smallest absolute Gasteiger partial charge is 0.156 e. The minimum atomic E-state index is -0.847. The zero-order valence-corrected chi connectivity index (χ0v) is 9.08. The molecule has 1 aromatic heterocycles. The number of halogens is 2. The van der Waals surface area contributed by atoms with Gasteiger partial charge in [-0.2, -0.15) is 0 Å². The van der Waals surface area contributed by atoms with Gasteiger partial charge in [0.25, 0.3) is 0 Å². The van der Waals surface area contributed by atoms with Crippen molar-refractivity contribution in [3.63, 3.8) is 0 Å². The van der Waals surface area contributed by atoms with Gasteiger partial charge in [0.15, 0.2) is 11.6 Å². The van der Waals surface area contributed by atoms with Gasteiger partial charge in [0.1, 0.15) is 17.3 Å². The maximum atomic E-state index is 13.1. The highest BCUT2D eigenvalue weighted by Gasteiger charge is 2.10. The summed E-state index contributed by atoms with van der Waals surface area (Å²) in [6.45, 7) is 1.82. The number of rotatable bonds is 2. The molecule has 0 radical (unpaired) electrons. The Hall–Kier alpha value is -2.17. The van der Waals surface area contributed by atoms with Gasteiger partial charge in [-0.25, -0.2) is 8.78 Å². The summed E-state index contributed by atoms with van der Waals surface area (Å²) in [5.74, 6) is -1.28. The lowest BCUT2D eigenvalue weighted by atomic mass is 10.2. The number of nitrogens with two attached hydrogens (primary N) is 1. The minimum Gasteiger partial charge on any atom is -0.453 e. The molecule has 0 atom stereocenters. The van der Waals surface area contributed by atoms with Crippen LogP contribution >= 0.6 is 0 Å². The van der Waals surface area contributed by atoms with Crippen LogP contribution in [0, 0.1) is 18.6 Å². The van der Waals surface area contributed by atoms with E-state index in [1.165, 1.54) is 6.20 Å². The van der Waals surface area contributed by atoms with E-state index in [4.69, 9.17) is 10.5 Å².